The standard InChI is InChI=1S/C20H36N6O7S/c1-9(2)15(21)18(30)23-6-13(27)22-7-14(28)25-12(8-34)17(29)26-16(10(3)4)19(31)24-11(5)20(32)33/h9-12,15-16,34H,6-8,21H2,1-5H3,(H,22,27)(H,23,30)(H,24,31)(H,25,28)(H,26,29)(H,32,33). The second-order valence-electron chi connectivity index (χ2n) is 8.37. The molecule has 0 aliphatic carbocycles. The van der Waals surface area contributed by atoms with Gasteiger partial charge in [-0.3, -0.25) is 28.8 Å². The molecule has 8 N–H and O–H groups in total. The molecule has 0 bridgehead atoms. The zero-order valence-corrected chi connectivity index (χ0v) is 20.9. The molecule has 0 aliphatic rings. The number of hydrogen-bond donors (Lipinski definition) is 8. The molecular formula is C20H36N6O7S. The molecule has 0 rings (SSSR count). The van der Waals surface area contributed by atoms with Crippen LogP contribution in [0.1, 0.15) is 34.6 Å². The highest BCUT2D eigenvalue weighted by atomic mass is 32.1. The van der Waals surface area contributed by atoms with Crippen LogP contribution in [0.25, 0.3) is 0 Å². The van der Waals surface area contributed by atoms with E-state index < -0.39 is 66.2 Å². The Morgan fingerprint density at radius 3 is 1.79 bits per heavy atom. The molecule has 0 saturated carbocycles. The minimum absolute atomic E-state index is 0.105. The van der Waals surface area contributed by atoms with Gasteiger partial charge in [0.05, 0.1) is 19.1 Å². The number of nitrogens with one attached hydrogen (secondary N) is 5. The number of carboxylic acids is 1. The predicted octanol–water partition coefficient (Wildman–Crippen LogP) is -2.65. The summed E-state index contributed by atoms with van der Waals surface area (Å²) in [6.07, 6.45) is 0. The second kappa shape index (κ2) is 15.1. The maximum absolute atomic E-state index is 12.6. The number of carbonyl (C=O) groups excluding carboxylic acids is 5. The third-order valence-electron chi connectivity index (χ3n) is 4.70. The van der Waals surface area contributed by atoms with E-state index >= 15 is 0 Å². The van der Waals surface area contributed by atoms with E-state index in [1.54, 1.807) is 27.7 Å². The molecule has 0 aromatic carbocycles. The van der Waals surface area contributed by atoms with E-state index in [2.05, 4.69) is 39.2 Å². The van der Waals surface area contributed by atoms with Crippen molar-refractivity contribution in [3.63, 3.8) is 0 Å². The topological polar surface area (TPSA) is 209 Å². The molecule has 0 aliphatic heterocycles. The second-order valence-corrected chi connectivity index (χ2v) is 8.73. The van der Waals surface area contributed by atoms with Crippen LogP contribution in [-0.2, 0) is 28.8 Å². The molecule has 0 fully saturated rings. The number of rotatable bonds is 14. The largest absolute Gasteiger partial charge is 0.480 e. The average molecular weight is 505 g/mol. The van der Waals surface area contributed by atoms with E-state index in [9.17, 15) is 28.8 Å². The maximum atomic E-state index is 12.6. The van der Waals surface area contributed by atoms with Crippen LogP contribution >= 0.6 is 12.6 Å². The van der Waals surface area contributed by atoms with Crippen LogP contribution in [0.4, 0.5) is 0 Å². The first-order chi connectivity index (χ1) is 15.7. The highest BCUT2D eigenvalue weighted by Gasteiger charge is 2.29. The van der Waals surface area contributed by atoms with Gasteiger partial charge in [0.25, 0.3) is 0 Å². The van der Waals surface area contributed by atoms with E-state index in [-0.39, 0.29) is 24.1 Å². The molecule has 4 atom stereocenters. The Kier molecular flexibility index (Phi) is 13.8. The Bertz CT molecular complexity index is 762. The maximum Gasteiger partial charge on any atom is 0.325 e. The van der Waals surface area contributed by atoms with Gasteiger partial charge in [-0.25, -0.2) is 0 Å². The Morgan fingerprint density at radius 1 is 0.765 bits per heavy atom. The lowest BCUT2D eigenvalue weighted by Crippen LogP contribution is -2.58. The van der Waals surface area contributed by atoms with Gasteiger partial charge >= 0.3 is 5.97 Å². The third kappa shape index (κ3) is 11.3. The van der Waals surface area contributed by atoms with Gasteiger partial charge in [-0.15, -0.1) is 0 Å². The summed E-state index contributed by atoms with van der Waals surface area (Å²) >= 11 is 4.04. The Labute approximate surface area is 204 Å². The lowest BCUT2D eigenvalue weighted by Gasteiger charge is -2.25. The van der Waals surface area contributed by atoms with Gasteiger partial charge < -0.3 is 37.4 Å². The zero-order valence-electron chi connectivity index (χ0n) is 20.0. The molecule has 5 amide bonds. The molecule has 0 saturated heterocycles. The summed E-state index contributed by atoms with van der Waals surface area (Å²) in [6.45, 7) is 7.29. The zero-order chi connectivity index (χ0) is 26.6. The van der Waals surface area contributed by atoms with Crippen LogP contribution < -0.4 is 32.3 Å². The summed E-state index contributed by atoms with van der Waals surface area (Å²) in [6, 6.07) is -4.09. The fourth-order valence-electron chi connectivity index (χ4n) is 2.42. The molecule has 0 aromatic rings. The summed E-state index contributed by atoms with van der Waals surface area (Å²) in [5.41, 5.74) is 5.67. The predicted molar refractivity (Wildman–Crippen MR) is 127 cm³/mol. The summed E-state index contributed by atoms with van der Waals surface area (Å²) in [4.78, 5) is 71.6. The summed E-state index contributed by atoms with van der Waals surface area (Å²) < 4.78 is 0. The van der Waals surface area contributed by atoms with E-state index in [1.165, 1.54) is 6.92 Å². The SMILES string of the molecule is CC(NC(=O)C(NC(=O)C(CS)NC(=O)CNC(=O)CNC(=O)C(N)C(C)C)C(C)C)C(=O)O. The van der Waals surface area contributed by atoms with Crippen LogP contribution in [0.5, 0.6) is 0 Å². The minimum Gasteiger partial charge on any atom is -0.480 e. The number of thiol groups is 1. The first-order valence-corrected chi connectivity index (χ1v) is 11.4. The van der Waals surface area contributed by atoms with Crippen molar-refractivity contribution in [1.82, 2.24) is 26.6 Å². The molecule has 14 heteroatoms. The third-order valence-corrected chi connectivity index (χ3v) is 5.07. The number of amides is 5. The smallest absolute Gasteiger partial charge is 0.325 e. The fraction of sp³-hybridized carbons (Fsp3) is 0.700. The van der Waals surface area contributed by atoms with Crippen LogP contribution in [0.2, 0.25) is 0 Å². The van der Waals surface area contributed by atoms with Crippen molar-refractivity contribution in [2.24, 2.45) is 17.6 Å². The van der Waals surface area contributed by atoms with Crippen LogP contribution in [-0.4, -0.2) is 83.6 Å². The lowest BCUT2D eigenvalue weighted by atomic mass is 10.0. The first-order valence-electron chi connectivity index (χ1n) is 10.7. The summed E-state index contributed by atoms with van der Waals surface area (Å²) in [5.74, 6) is -5.04. The summed E-state index contributed by atoms with van der Waals surface area (Å²) in [7, 11) is 0. The van der Waals surface area contributed by atoms with Crippen LogP contribution in [0, 0.1) is 11.8 Å². The van der Waals surface area contributed by atoms with Crippen molar-refractivity contribution in [1.29, 1.82) is 0 Å². The molecule has 0 heterocycles. The summed E-state index contributed by atoms with van der Waals surface area (Å²) in [5, 5.41) is 20.8. The van der Waals surface area contributed by atoms with Gasteiger partial charge in [-0.05, 0) is 18.8 Å². The van der Waals surface area contributed by atoms with E-state index in [4.69, 9.17) is 10.8 Å². The number of aliphatic carboxylic acids is 1. The molecule has 0 radical (unpaired) electrons. The molecule has 34 heavy (non-hydrogen) atoms. The minimum atomic E-state index is -1.23. The van der Waals surface area contributed by atoms with Crippen molar-refractivity contribution in [3.8, 4) is 0 Å². The number of nitrogens with two attached hydrogens (primary N) is 1. The van der Waals surface area contributed by atoms with E-state index in [0.717, 1.165) is 0 Å². The van der Waals surface area contributed by atoms with Crippen LogP contribution in [0.3, 0.4) is 0 Å². The Morgan fingerprint density at radius 2 is 1.32 bits per heavy atom. The van der Waals surface area contributed by atoms with Crippen LogP contribution in [0.15, 0.2) is 0 Å². The first kappa shape index (κ1) is 31.1. The Balaban J connectivity index is 4.76. The van der Waals surface area contributed by atoms with Crippen molar-refractivity contribution in [2.45, 2.75) is 58.8 Å². The van der Waals surface area contributed by atoms with E-state index in [0.29, 0.717) is 0 Å². The molecule has 4 unspecified atom stereocenters. The van der Waals surface area contributed by atoms with Crippen molar-refractivity contribution in [3.05, 3.63) is 0 Å². The molecule has 0 aromatic heterocycles. The Hall–Kier alpha value is -2.87. The number of carboxylic acid groups (broad SMARTS) is 1. The van der Waals surface area contributed by atoms with Gasteiger partial charge in [-0.2, -0.15) is 12.6 Å². The number of carbonyl (C=O) groups is 6. The highest BCUT2D eigenvalue weighted by molar-refractivity contribution is 7.80. The number of hydrogen-bond acceptors (Lipinski definition) is 8. The monoisotopic (exact) mass is 504 g/mol. The van der Waals surface area contributed by atoms with Crippen molar-refractivity contribution < 1.29 is 33.9 Å². The fourth-order valence-corrected chi connectivity index (χ4v) is 2.68. The van der Waals surface area contributed by atoms with E-state index in [1.807, 2.05) is 0 Å². The quantitative estimate of drug-likeness (QED) is 0.117. The van der Waals surface area contributed by atoms with Gasteiger partial charge in [0, 0.05) is 5.75 Å². The molecule has 13 nitrogen and oxygen atoms in total. The van der Waals surface area contributed by atoms with Gasteiger partial charge in [0.2, 0.25) is 29.5 Å². The molecular weight excluding hydrogens is 468 g/mol. The van der Waals surface area contributed by atoms with Gasteiger partial charge in [-0.1, -0.05) is 27.7 Å². The highest BCUT2D eigenvalue weighted by Crippen LogP contribution is 2.04. The van der Waals surface area contributed by atoms with Crippen molar-refractivity contribution >= 4 is 48.1 Å². The molecule has 194 valence electrons. The van der Waals surface area contributed by atoms with Crippen molar-refractivity contribution in [2.75, 3.05) is 18.8 Å². The average Bonchev–Trinajstić information content (AvgIpc) is 2.76. The van der Waals surface area contributed by atoms with Gasteiger partial charge in [0.1, 0.15) is 18.1 Å². The van der Waals surface area contributed by atoms with Gasteiger partial charge in [0.15, 0.2) is 0 Å². The normalized spacial score (nSPS) is 14.4. The lowest BCUT2D eigenvalue weighted by molar-refractivity contribution is -0.142. The molecule has 0 spiro atoms.